The standard InChI is InChI=1S/C20H18N2/c1-3-9-15(10-4-1)19-17-13-7-8-14-18(17)21-20(22-19)16-11-5-2-6-12-16/h2-3,5-14,17,19H,1,4H2. The van der Waals surface area contributed by atoms with Crippen LogP contribution in [0.1, 0.15) is 18.4 Å². The maximum Gasteiger partial charge on any atom is 0.155 e. The third-order valence-corrected chi connectivity index (χ3v) is 4.27. The summed E-state index contributed by atoms with van der Waals surface area (Å²) in [7, 11) is 0. The molecule has 2 aliphatic carbocycles. The molecule has 1 heterocycles. The highest BCUT2D eigenvalue weighted by Gasteiger charge is 2.30. The summed E-state index contributed by atoms with van der Waals surface area (Å²) >= 11 is 0. The summed E-state index contributed by atoms with van der Waals surface area (Å²) < 4.78 is 0. The van der Waals surface area contributed by atoms with Crippen LogP contribution in [0.25, 0.3) is 0 Å². The summed E-state index contributed by atoms with van der Waals surface area (Å²) in [5.74, 6) is 1.10. The van der Waals surface area contributed by atoms with Crippen LogP contribution in [0.5, 0.6) is 0 Å². The molecule has 108 valence electrons. The Labute approximate surface area is 131 Å². The highest BCUT2D eigenvalue weighted by Crippen LogP contribution is 2.30. The molecular formula is C20H18N2. The Kier molecular flexibility index (Phi) is 3.43. The van der Waals surface area contributed by atoms with E-state index in [4.69, 9.17) is 9.98 Å². The Morgan fingerprint density at radius 1 is 0.955 bits per heavy atom. The summed E-state index contributed by atoms with van der Waals surface area (Å²) in [5.41, 5.74) is 3.51. The van der Waals surface area contributed by atoms with E-state index in [1.54, 1.807) is 0 Å². The molecule has 2 nitrogen and oxygen atoms in total. The molecule has 2 atom stereocenters. The lowest BCUT2D eigenvalue weighted by Gasteiger charge is -2.29. The third kappa shape index (κ3) is 2.41. The molecule has 1 aromatic rings. The molecule has 0 bridgehead atoms. The van der Waals surface area contributed by atoms with Crippen LogP contribution in [-0.4, -0.2) is 17.6 Å². The van der Waals surface area contributed by atoms with Gasteiger partial charge < -0.3 is 0 Å². The van der Waals surface area contributed by atoms with Crippen molar-refractivity contribution >= 4 is 11.5 Å². The maximum absolute atomic E-state index is 4.98. The van der Waals surface area contributed by atoms with Crippen LogP contribution >= 0.6 is 0 Å². The Morgan fingerprint density at radius 2 is 1.86 bits per heavy atom. The normalized spacial score (nSPS) is 26.1. The van der Waals surface area contributed by atoms with E-state index in [-0.39, 0.29) is 12.0 Å². The number of hydrogen-bond donors (Lipinski definition) is 0. The minimum absolute atomic E-state index is 0.139. The Hall–Kier alpha value is -2.48. The summed E-state index contributed by atoms with van der Waals surface area (Å²) in [5, 5.41) is 0. The SMILES string of the molecule is C1=CC2=NC(c3ccccc3)=NC(C3=CCCC=C3)C2C=C1. The van der Waals surface area contributed by atoms with Crippen LogP contribution in [0.3, 0.4) is 0 Å². The molecule has 0 N–H and O–H groups in total. The summed E-state index contributed by atoms with van der Waals surface area (Å²) in [4.78, 5) is 9.78. The van der Waals surface area contributed by atoms with E-state index in [0.29, 0.717) is 0 Å². The van der Waals surface area contributed by atoms with Gasteiger partial charge in [-0.05, 0) is 24.5 Å². The Bertz CT molecular complexity index is 745. The van der Waals surface area contributed by atoms with Crippen molar-refractivity contribution < 1.29 is 0 Å². The molecule has 2 heteroatoms. The molecule has 0 fully saturated rings. The van der Waals surface area contributed by atoms with E-state index in [9.17, 15) is 0 Å². The molecule has 1 aromatic carbocycles. The lowest BCUT2D eigenvalue weighted by Crippen LogP contribution is -2.32. The lowest BCUT2D eigenvalue weighted by molar-refractivity contribution is 0.685. The average Bonchev–Trinajstić information content (AvgIpc) is 2.62. The molecule has 1 aliphatic heterocycles. The zero-order valence-electron chi connectivity index (χ0n) is 12.4. The minimum Gasteiger partial charge on any atom is -0.257 e. The highest BCUT2D eigenvalue weighted by atomic mass is 15.0. The molecule has 2 unspecified atom stereocenters. The second kappa shape index (κ2) is 5.72. The van der Waals surface area contributed by atoms with Gasteiger partial charge in [-0.1, -0.05) is 66.8 Å². The molecule has 0 aromatic heterocycles. The molecule has 4 rings (SSSR count). The first-order valence-electron chi connectivity index (χ1n) is 7.85. The van der Waals surface area contributed by atoms with Gasteiger partial charge in [-0.25, -0.2) is 4.99 Å². The molecule has 3 aliphatic rings. The highest BCUT2D eigenvalue weighted by molar-refractivity contribution is 6.14. The van der Waals surface area contributed by atoms with E-state index in [1.165, 1.54) is 5.57 Å². The fraction of sp³-hybridized carbons (Fsp3) is 0.200. The number of nitrogens with zero attached hydrogens (tertiary/aromatic N) is 2. The lowest BCUT2D eigenvalue weighted by atomic mass is 9.83. The molecule has 22 heavy (non-hydrogen) atoms. The quantitative estimate of drug-likeness (QED) is 0.775. The number of benzene rings is 1. The van der Waals surface area contributed by atoms with Crippen molar-refractivity contribution in [3.8, 4) is 0 Å². The zero-order valence-corrected chi connectivity index (χ0v) is 12.4. The third-order valence-electron chi connectivity index (χ3n) is 4.27. The second-order valence-corrected chi connectivity index (χ2v) is 5.75. The van der Waals surface area contributed by atoms with Crippen molar-refractivity contribution in [1.29, 1.82) is 0 Å². The van der Waals surface area contributed by atoms with Crippen molar-refractivity contribution in [1.82, 2.24) is 0 Å². The monoisotopic (exact) mass is 286 g/mol. The van der Waals surface area contributed by atoms with Crippen molar-refractivity contribution in [2.45, 2.75) is 18.9 Å². The van der Waals surface area contributed by atoms with Gasteiger partial charge in [0.1, 0.15) is 0 Å². The predicted molar refractivity (Wildman–Crippen MR) is 92.4 cm³/mol. The number of rotatable bonds is 2. The van der Waals surface area contributed by atoms with Gasteiger partial charge in [-0.3, -0.25) is 4.99 Å². The van der Waals surface area contributed by atoms with Gasteiger partial charge in [0.2, 0.25) is 0 Å². The van der Waals surface area contributed by atoms with Crippen LogP contribution in [-0.2, 0) is 0 Å². The van der Waals surface area contributed by atoms with Crippen molar-refractivity contribution in [3.63, 3.8) is 0 Å². The number of fused-ring (bicyclic) bond motifs is 1. The van der Waals surface area contributed by atoms with Gasteiger partial charge >= 0.3 is 0 Å². The fourth-order valence-corrected chi connectivity index (χ4v) is 3.15. The van der Waals surface area contributed by atoms with Gasteiger partial charge in [0, 0.05) is 11.5 Å². The van der Waals surface area contributed by atoms with Crippen LogP contribution in [0.15, 0.2) is 88.4 Å². The van der Waals surface area contributed by atoms with Gasteiger partial charge in [0.05, 0.1) is 11.8 Å². The van der Waals surface area contributed by atoms with E-state index >= 15 is 0 Å². The van der Waals surface area contributed by atoms with E-state index in [1.807, 2.05) is 18.2 Å². The summed E-state index contributed by atoms with van der Waals surface area (Å²) in [6, 6.07) is 10.4. The second-order valence-electron chi connectivity index (χ2n) is 5.75. The van der Waals surface area contributed by atoms with Crippen LogP contribution in [0, 0.1) is 5.92 Å². The van der Waals surface area contributed by atoms with Gasteiger partial charge in [0.25, 0.3) is 0 Å². The minimum atomic E-state index is 0.139. The molecular weight excluding hydrogens is 268 g/mol. The van der Waals surface area contributed by atoms with E-state index in [2.05, 4.69) is 54.7 Å². The number of allylic oxidation sites excluding steroid dienone is 5. The summed E-state index contributed by atoms with van der Waals surface area (Å²) in [6.07, 6.45) is 17.5. The molecule has 0 saturated heterocycles. The van der Waals surface area contributed by atoms with Crippen molar-refractivity contribution in [2.24, 2.45) is 15.9 Å². The van der Waals surface area contributed by atoms with Gasteiger partial charge in [-0.15, -0.1) is 0 Å². The molecule has 0 spiro atoms. The smallest absolute Gasteiger partial charge is 0.155 e. The molecule has 0 amide bonds. The largest absolute Gasteiger partial charge is 0.257 e. The first kappa shape index (κ1) is 13.2. The molecule has 0 radical (unpaired) electrons. The van der Waals surface area contributed by atoms with Gasteiger partial charge in [0.15, 0.2) is 5.84 Å². The van der Waals surface area contributed by atoms with E-state index in [0.717, 1.165) is 30.0 Å². The summed E-state index contributed by atoms with van der Waals surface area (Å²) in [6.45, 7) is 0. The number of aliphatic imine (C=N–C) groups is 2. The van der Waals surface area contributed by atoms with Crippen molar-refractivity contribution in [2.75, 3.05) is 0 Å². The first-order chi connectivity index (χ1) is 10.9. The number of amidine groups is 1. The van der Waals surface area contributed by atoms with Crippen LogP contribution in [0.4, 0.5) is 0 Å². The first-order valence-corrected chi connectivity index (χ1v) is 7.85. The maximum atomic E-state index is 4.98. The van der Waals surface area contributed by atoms with Gasteiger partial charge in [-0.2, -0.15) is 0 Å². The predicted octanol–water partition coefficient (Wildman–Crippen LogP) is 4.28. The molecule has 0 saturated carbocycles. The van der Waals surface area contributed by atoms with E-state index < -0.39 is 0 Å². The fourth-order valence-electron chi connectivity index (χ4n) is 3.15. The van der Waals surface area contributed by atoms with Crippen molar-refractivity contribution in [3.05, 3.63) is 84.0 Å². The Balaban J connectivity index is 1.78. The van der Waals surface area contributed by atoms with Crippen LogP contribution < -0.4 is 0 Å². The number of hydrogen-bond acceptors (Lipinski definition) is 2. The zero-order chi connectivity index (χ0) is 14.8. The topological polar surface area (TPSA) is 24.7 Å². The van der Waals surface area contributed by atoms with Crippen LogP contribution in [0.2, 0.25) is 0 Å². The Morgan fingerprint density at radius 3 is 2.68 bits per heavy atom. The average molecular weight is 286 g/mol.